The van der Waals surface area contributed by atoms with Gasteiger partial charge in [-0.2, -0.15) is 5.26 Å². The van der Waals surface area contributed by atoms with Crippen LogP contribution in [0.25, 0.3) is 0 Å². The Morgan fingerprint density at radius 2 is 2.12 bits per heavy atom. The van der Waals surface area contributed by atoms with Crippen molar-refractivity contribution in [1.82, 2.24) is 5.32 Å². The molecule has 1 saturated carbocycles. The molecule has 1 aliphatic carbocycles. The minimum Gasteiger partial charge on any atom is -0.353 e. The van der Waals surface area contributed by atoms with Gasteiger partial charge < -0.3 is 5.32 Å². The van der Waals surface area contributed by atoms with Crippen LogP contribution in [0.4, 0.5) is 0 Å². The van der Waals surface area contributed by atoms with E-state index in [1.54, 1.807) is 12.1 Å². The maximum absolute atomic E-state index is 11.7. The Hall–Kier alpha value is -1.82. The Labute approximate surface area is 101 Å². The molecule has 0 heterocycles. The van der Waals surface area contributed by atoms with Gasteiger partial charge in [-0.3, -0.25) is 4.79 Å². The normalized spacial score (nSPS) is 16.0. The van der Waals surface area contributed by atoms with Crippen LogP contribution < -0.4 is 5.32 Å². The van der Waals surface area contributed by atoms with Crippen molar-refractivity contribution < 1.29 is 4.79 Å². The van der Waals surface area contributed by atoms with E-state index in [2.05, 4.69) is 18.3 Å². The zero-order valence-corrected chi connectivity index (χ0v) is 9.94. The van der Waals surface area contributed by atoms with Gasteiger partial charge in [0.05, 0.1) is 18.1 Å². The average molecular weight is 228 g/mol. The van der Waals surface area contributed by atoms with Gasteiger partial charge in [0.15, 0.2) is 0 Å². The van der Waals surface area contributed by atoms with Gasteiger partial charge in [0, 0.05) is 6.04 Å². The largest absolute Gasteiger partial charge is 0.353 e. The highest BCUT2D eigenvalue weighted by Gasteiger charge is 2.28. The third-order valence-corrected chi connectivity index (χ3v) is 3.17. The van der Waals surface area contributed by atoms with Gasteiger partial charge in [-0.25, -0.2) is 0 Å². The van der Waals surface area contributed by atoms with Gasteiger partial charge in [0.1, 0.15) is 0 Å². The predicted octanol–water partition coefficient (Wildman–Crippen LogP) is 2.02. The second-order valence-corrected chi connectivity index (χ2v) is 4.68. The number of nitrogens with zero attached hydrogens (tertiary/aromatic N) is 1. The molecule has 1 N–H and O–H groups in total. The highest BCUT2D eigenvalue weighted by Crippen LogP contribution is 2.32. The fourth-order valence-corrected chi connectivity index (χ4v) is 1.90. The van der Waals surface area contributed by atoms with E-state index in [9.17, 15) is 4.79 Å². The molecule has 1 aromatic carbocycles. The number of carbonyl (C=O) groups is 1. The standard InChI is InChI=1S/C14H16N2O/c1-10(13-6-7-13)16-14(17)8-11-2-4-12(9-15)5-3-11/h2-5,10,13H,6-8H2,1H3,(H,16,17). The van der Waals surface area contributed by atoms with E-state index in [-0.39, 0.29) is 5.91 Å². The lowest BCUT2D eigenvalue weighted by Crippen LogP contribution is -2.35. The SMILES string of the molecule is CC(NC(=O)Cc1ccc(C#N)cc1)C1CC1. The molecule has 0 spiro atoms. The van der Waals surface area contributed by atoms with Crippen molar-refractivity contribution in [3.8, 4) is 6.07 Å². The summed E-state index contributed by atoms with van der Waals surface area (Å²) in [5.74, 6) is 0.744. The van der Waals surface area contributed by atoms with Crippen LogP contribution in [0, 0.1) is 17.2 Å². The molecule has 1 amide bonds. The number of hydrogen-bond acceptors (Lipinski definition) is 2. The number of amides is 1. The summed E-state index contributed by atoms with van der Waals surface area (Å²) >= 11 is 0. The van der Waals surface area contributed by atoms with E-state index in [0.717, 1.165) is 5.56 Å². The molecule has 0 bridgehead atoms. The second-order valence-electron chi connectivity index (χ2n) is 4.68. The first kappa shape index (κ1) is 11.7. The molecule has 2 rings (SSSR count). The summed E-state index contributed by atoms with van der Waals surface area (Å²) in [6.45, 7) is 2.06. The number of nitrogens with one attached hydrogen (secondary N) is 1. The van der Waals surface area contributed by atoms with Crippen LogP contribution in [0.3, 0.4) is 0 Å². The van der Waals surface area contributed by atoms with Gasteiger partial charge in [-0.05, 0) is 43.4 Å². The Balaban J connectivity index is 1.86. The third-order valence-electron chi connectivity index (χ3n) is 3.17. The Morgan fingerprint density at radius 1 is 1.47 bits per heavy atom. The second kappa shape index (κ2) is 5.01. The van der Waals surface area contributed by atoms with Crippen LogP contribution in [0.1, 0.15) is 30.9 Å². The zero-order valence-electron chi connectivity index (χ0n) is 9.94. The molecule has 17 heavy (non-hydrogen) atoms. The first-order chi connectivity index (χ1) is 8.19. The smallest absolute Gasteiger partial charge is 0.224 e. The van der Waals surface area contributed by atoms with Gasteiger partial charge in [0.2, 0.25) is 5.91 Å². The predicted molar refractivity (Wildman–Crippen MR) is 65.2 cm³/mol. The lowest BCUT2D eigenvalue weighted by Gasteiger charge is -2.12. The van der Waals surface area contributed by atoms with Crippen molar-refractivity contribution in [3.05, 3.63) is 35.4 Å². The van der Waals surface area contributed by atoms with E-state index in [1.165, 1.54) is 12.8 Å². The number of benzene rings is 1. The molecule has 1 atom stereocenters. The number of hydrogen-bond donors (Lipinski definition) is 1. The summed E-state index contributed by atoms with van der Waals surface area (Å²) in [7, 11) is 0. The summed E-state index contributed by atoms with van der Waals surface area (Å²) in [4.78, 5) is 11.7. The summed E-state index contributed by atoms with van der Waals surface area (Å²) in [5.41, 5.74) is 1.57. The van der Waals surface area contributed by atoms with Crippen LogP contribution in [-0.2, 0) is 11.2 Å². The molecule has 0 aliphatic heterocycles. The van der Waals surface area contributed by atoms with Gasteiger partial charge in [0.25, 0.3) is 0 Å². The maximum Gasteiger partial charge on any atom is 0.224 e. The summed E-state index contributed by atoms with van der Waals surface area (Å²) in [6.07, 6.45) is 2.86. The first-order valence-electron chi connectivity index (χ1n) is 5.97. The number of nitriles is 1. The van der Waals surface area contributed by atoms with Crippen LogP contribution >= 0.6 is 0 Å². The first-order valence-corrected chi connectivity index (χ1v) is 5.97. The zero-order chi connectivity index (χ0) is 12.3. The highest BCUT2D eigenvalue weighted by molar-refractivity contribution is 5.78. The monoisotopic (exact) mass is 228 g/mol. The fourth-order valence-electron chi connectivity index (χ4n) is 1.90. The maximum atomic E-state index is 11.7. The van der Waals surface area contributed by atoms with Crippen molar-refractivity contribution in [1.29, 1.82) is 5.26 Å². The molecule has 1 fully saturated rings. The molecule has 3 heteroatoms. The molecule has 0 saturated heterocycles. The molecule has 3 nitrogen and oxygen atoms in total. The van der Waals surface area contributed by atoms with E-state index in [0.29, 0.717) is 23.9 Å². The lowest BCUT2D eigenvalue weighted by molar-refractivity contribution is -0.121. The lowest BCUT2D eigenvalue weighted by atomic mass is 10.1. The summed E-state index contributed by atoms with van der Waals surface area (Å²) in [6, 6.07) is 9.51. The van der Waals surface area contributed by atoms with Crippen LogP contribution in [0.5, 0.6) is 0 Å². The van der Waals surface area contributed by atoms with Crippen molar-refractivity contribution in [2.24, 2.45) is 5.92 Å². The minimum atomic E-state index is 0.0640. The van der Waals surface area contributed by atoms with Gasteiger partial charge in [-0.15, -0.1) is 0 Å². The molecule has 0 radical (unpaired) electrons. The van der Waals surface area contributed by atoms with Crippen molar-refractivity contribution in [3.63, 3.8) is 0 Å². The van der Waals surface area contributed by atoms with E-state index >= 15 is 0 Å². The van der Waals surface area contributed by atoms with Crippen molar-refractivity contribution in [2.45, 2.75) is 32.2 Å². The topological polar surface area (TPSA) is 52.9 Å². The number of rotatable bonds is 4. The van der Waals surface area contributed by atoms with E-state index in [4.69, 9.17) is 5.26 Å². The van der Waals surface area contributed by atoms with Crippen molar-refractivity contribution >= 4 is 5.91 Å². The molecule has 88 valence electrons. The van der Waals surface area contributed by atoms with E-state index in [1.807, 2.05) is 12.1 Å². The molecular formula is C14H16N2O. The highest BCUT2D eigenvalue weighted by atomic mass is 16.1. The average Bonchev–Trinajstić information content (AvgIpc) is 3.13. The Morgan fingerprint density at radius 3 is 2.65 bits per heavy atom. The quantitative estimate of drug-likeness (QED) is 0.857. The molecular weight excluding hydrogens is 212 g/mol. The van der Waals surface area contributed by atoms with Gasteiger partial charge >= 0.3 is 0 Å². The van der Waals surface area contributed by atoms with E-state index < -0.39 is 0 Å². The Bertz CT molecular complexity index is 440. The Kier molecular flexibility index (Phi) is 3.43. The molecule has 0 aromatic heterocycles. The van der Waals surface area contributed by atoms with Crippen LogP contribution in [0.15, 0.2) is 24.3 Å². The van der Waals surface area contributed by atoms with Crippen molar-refractivity contribution in [2.75, 3.05) is 0 Å². The van der Waals surface area contributed by atoms with Gasteiger partial charge in [-0.1, -0.05) is 12.1 Å². The number of carbonyl (C=O) groups excluding carboxylic acids is 1. The summed E-state index contributed by atoms with van der Waals surface area (Å²) in [5, 5.41) is 11.7. The molecule has 1 aliphatic rings. The third kappa shape index (κ3) is 3.32. The molecule has 1 aromatic rings. The van der Waals surface area contributed by atoms with Crippen LogP contribution in [0.2, 0.25) is 0 Å². The van der Waals surface area contributed by atoms with Crippen LogP contribution in [-0.4, -0.2) is 11.9 Å². The summed E-state index contributed by atoms with van der Waals surface area (Å²) < 4.78 is 0. The fraction of sp³-hybridized carbons (Fsp3) is 0.429. The molecule has 1 unspecified atom stereocenters. The minimum absolute atomic E-state index is 0.0640.